The van der Waals surface area contributed by atoms with Crippen molar-refractivity contribution in [2.24, 2.45) is 0 Å². The molecule has 0 fully saturated rings. The van der Waals surface area contributed by atoms with Crippen molar-refractivity contribution in [2.45, 2.75) is 13.8 Å². The van der Waals surface area contributed by atoms with Crippen molar-refractivity contribution in [1.82, 2.24) is 14.8 Å². The molecular formula is C26H23N3O3. The molecule has 0 bridgehead atoms. The van der Waals surface area contributed by atoms with E-state index in [1.54, 1.807) is 19.2 Å². The number of hydrogen-bond donors (Lipinski definition) is 1. The minimum absolute atomic E-state index is 0.0642. The van der Waals surface area contributed by atoms with Crippen molar-refractivity contribution in [3.63, 3.8) is 0 Å². The van der Waals surface area contributed by atoms with Gasteiger partial charge in [0.05, 0.1) is 30.9 Å². The number of benzene rings is 3. The number of ether oxygens (including phenoxy) is 2. The minimum atomic E-state index is 0.0642. The first-order chi connectivity index (χ1) is 15.5. The topological polar surface area (TPSA) is 69.4 Å². The number of pyridine rings is 1. The molecule has 2 aromatic heterocycles. The number of hydrogen-bond acceptors (Lipinski definition) is 5. The maximum absolute atomic E-state index is 10.4. The van der Waals surface area contributed by atoms with Crippen LogP contribution < -0.4 is 9.47 Å². The summed E-state index contributed by atoms with van der Waals surface area (Å²) in [6, 6.07) is 17.4. The first-order valence-corrected chi connectivity index (χ1v) is 10.3. The zero-order chi connectivity index (χ0) is 22.4. The van der Waals surface area contributed by atoms with Gasteiger partial charge in [-0.3, -0.25) is 4.98 Å². The normalized spacial score (nSPS) is 11.2. The van der Waals surface area contributed by atoms with Gasteiger partial charge in [-0.2, -0.15) is 5.10 Å². The third-order valence-electron chi connectivity index (χ3n) is 5.90. The predicted octanol–water partition coefficient (Wildman–Crippen LogP) is 5.58. The molecule has 0 spiro atoms. The van der Waals surface area contributed by atoms with Gasteiger partial charge in [-0.1, -0.05) is 6.07 Å². The van der Waals surface area contributed by atoms with E-state index in [1.165, 1.54) is 18.2 Å². The van der Waals surface area contributed by atoms with Gasteiger partial charge in [0.2, 0.25) is 0 Å². The fourth-order valence-corrected chi connectivity index (χ4v) is 3.98. The summed E-state index contributed by atoms with van der Waals surface area (Å²) in [6.45, 7) is 4.19. The summed E-state index contributed by atoms with van der Waals surface area (Å²) in [6.07, 6.45) is 1.84. The Kier molecular flexibility index (Phi) is 4.70. The maximum Gasteiger partial charge on any atom is 0.160 e. The number of nitrogens with zero attached hydrogens (tertiary/aromatic N) is 3. The van der Waals surface area contributed by atoms with E-state index in [0.717, 1.165) is 44.5 Å². The lowest BCUT2D eigenvalue weighted by molar-refractivity contribution is 0.373. The van der Waals surface area contributed by atoms with Gasteiger partial charge >= 0.3 is 0 Å². The molecule has 0 saturated heterocycles. The van der Waals surface area contributed by atoms with Crippen LogP contribution >= 0.6 is 0 Å². The second-order valence-electron chi connectivity index (χ2n) is 7.82. The monoisotopic (exact) mass is 425 g/mol. The predicted molar refractivity (Wildman–Crippen MR) is 126 cm³/mol. The van der Waals surface area contributed by atoms with Crippen LogP contribution in [0.25, 0.3) is 38.8 Å². The quantitative estimate of drug-likeness (QED) is 0.407. The fourth-order valence-electron chi connectivity index (χ4n) is 3.98. The molecule has 160 valence electrons. The molecule has 6 nitrogen and oxygen atoms in total. The molecule has 5 rings (SSSR count). The molecule has 0 unspecified atom stereocenters. The molecule has 0 amide bonds. The highest BCUT2D eigenvalue weighted by Crippen LogP contribution is 2.37. The van der Waals surface area contributed by atoms with Crippen LogP contribution in [0, 0.1) is 13.8 Å². The molecule has 6 heteroatoms. The molecule has 0 atom stereocenters. The van der Waals surface area contributed by atoms with Gasteiger partial charge in [-0.05, 0) is 73.5 Å². The highest BCUT2D eigenvalue weighted by atomic mass is 16.5. The summed E-state index contributed by atoms with van der Waals surface area (Å²) in [4.78, 5) is 4.67. The van der Waals surface area contributed by atoms with E-state index in [9.17, 15) is 5.11 Å². The van der Waals surface area contributed by atoms with Crippen molar-refractivity contribution in [3.05, 3.63) is 71.9 Å². The van der Waals surface area contributed by atoms with Crippen LogP contribution in [0.2, 0.25) is 0 Å². The Labute approximate surface area is 185 Å². The van der Waals surface area contributed by atoms with Gasteiger partial charge < -0.3 is 14.6 Å². The van der Waals surface area contributed by atoms with Crippen LogP contribution in [0.4, 0.5) is 0 Å². The Bertz CT molecular complexity index is 1490. The largest absolute Gasteiger partial charge is 0.504 e. The van der Waals surface area contributed by atoms with E-state index in [4.69, 9.17) is 14.6 Å². The lowest BCUT2D eigenvalue weighted by Gasteiger charge is -2.09. The second kappa shape index (κ2) is 7.57. The zero-order valence-electron chi connectivity index (χ0n) is 18.4. The van der Waals surface area contributed by atoms with Gasteiger partial charge in [0, 0.05) is 22.5 Å². The summed E-state index contributed by atoms with van der Waals surface area (Å²) in [5.74, 6) is 1.23. The van der Waals surface area contributed by atoms with E-state index in [1.807, 2.05) is 35.1 Å². The molecular weight excluding hydrogens is 402 g/mol. The summed E-state index contributed by atoms with van der Waals surface area (Å²) < 4.78 is 12.6. The molecule has 5 aromatic rings. The molecule has 0 aliphatic carbocycles. The first-order valence-electron chi connectivity index (χ1n) is 10.3. The molecule has 0 aliphatic heterocycles. The number of aromatic hydroxyl groups is 1. The van der Waals surface area contributed by atoms with Crippen LogP contribution in [0.15, 0.2) is 60.8 Å². The minimum Gasteiger partial charge on any atom is -0.504 e. The van der Waals surface area contributed by atoms with E-state index < -0.39 is 0 Å². The molecule has 2 heterocycles. The SMILES string of the molecule is COc1ccc2ncc3c(-c4ccc(OC)c(O)c4)nn(-c4ccc(C)c(C)c4)c3c2c1. The summed E-state index contributed by atoms with van der Waals surface area (Å²) in [7, 11) is 3.18. The first kappa shape index (κ1) is 19.9. The summed E-state index contributed by atoms with van der Waals surface area (Å²) in [5, 5.41) is 17.2. The number of rotatable bonds is 4. The number of aryl methyl sites for hydroxylation is 2. The van der Waals surface area contributed by atoms with Crippen LogP contribution in [-0.4, -0.2) is 34.1 Å². The van der Waals surface area contributed by atoms with Crippen LogP contribution in [-0.2, 0) is 0 Å². The number of phenols is 1. The van der Waals surface area contributed by atoms with E-state index in [-0.39, 0.29) is 5.75 Å². The molecule has 3 aromatic carbocycles. The lowest BCUT2D eigenvalue weighted by atomic mass is 10.1. The van der Waals surface area contributed by atoms with Gasteiger partial charge in [0.1, 0.15) is 11.4 Å². The molecule has 1 N–H and O–H groups in total. The van der Waals surface area contributed by atoms with Crippen LogP contribution in [0.3, 0.4) is 0 Å². The lowest BCUT2D eigenvalue weighted by Crippen LogP contribution is -1.99. The average Bonchev–Trinajstić information content (AvgIpc) is 3.20. The Morgan fingerprint density at radius 2 is 1.69 bits per heavy atom. The molecule has 0 aliphatic rings. The summed E-state index contributed by atoms with van der Waals surface area (Å²) >= 11 is 0. The highest BCUT2D eigenvalue weighted by molar-refractivity contribution is 6.09. The van der Waals surface area contributed by atoms with Gasteiger partial charge in [0.25, 0.3) is 0 Å². The number of fused-ring (bicyclic) bond motifs is 3. The molecule has 0 radical (unpaired) electrons. The van der Waals surface area contributed by atoms with Crippen molar-refractivity contribution in [1.29, 1.82) is 0 Å². The third-order valence-corrected chi connectivity index (χ3v) is 5.90. The van der Waals surface area contributed by atoms with Crippen molar-refractivity contribution in [3.8, 4) is 34.2 Å². The van der Waals surface area contributed by atoms with Gasteiger partial charge in [-0.15, -0.1) is 0 Å². The molecule has 0 saturated carbocycles. The van der Waals surface area contributed by atoms with Crippen molar-refractivity contribution < 1.29 is 14.6 Å². The van der Waals surface area contributed by atoms with Gasteiger partial charge in [-0.25, -0.2) is 4.68 Å². The Morgan fingerprint density at radius 3 is 2.41 bits per heavy atom. The van der Waals surface area contributed by atoms with Crippen molar-refractivity contribution in [2.75, 3.05) is 14.2 Å². The summed E-state index contributed by atoms with van der Waals surface area (Å²) in [5.41, 5.74) is 6.66. The number of methoxy groups -OCH3 is 2. The van der Waals surface area contributed by atoms with Crippen LogP contribution in [0.1, 0.15) is 11.1 Å². The Hall–Kier alpha value is -4.06. The third kappa shape index (κ3) is 3.12. The van der Waals surface area contributed by atoms with Crippen LogP contribution in [0.5, 0.6) is 17.2 Å². The average molecular weight is 425 g/mol. The fraction of sp³-hybridized carbons (Fsp3) is 0.154. The van der Waals surface area contributed by atoms with Gasteiger partial charge in [0.15, 0.2) is 11.5 Å². The van der Waals surface area contributed by atoms with E-state index in [2.05, 4.69) is 37.0 Å². The van der Waals surface area contributed by atoms with Crippen molar-refractivity contribution >= 4 is 21.8 Å². The Balaban J connectivity index is 1.87. The molecule has 32 heavy (non-hydrogen) atoms. The highest BCUT2D eigenvalue weighted by Gasteiger charge is 2.19. The zero-order valence-corrected chi connectivity index (χ0v) is 18.4. The second-order valence-corrected chi connectivity index (χ2v) is 7.82. The smallest absolute Gasteiger partial charge is 0.160 e. The maximum atomic E-state index is 10.4. The number of aromatic nitrogens is 3. The Morgan fingerprint density at radius 1 is 0.844 bits per heavy atom. The van der Waals surface area contributed by atoms with E-state index >= 15 is 0 Å². The number of phenolic OH excluding ortho intramolecular Hbond substituents is 1. The van der Waals surface area contributed by atoms with E-state index in [0.29, 0.717) is 5.75 Å². The standard InChI is InChI=1S/C26H23N3O3/c1-15-5-7-18(11-16(15)2)29-26-20-13-19(31-3)8-9-22(20)27-14-21(26)25(28-29)17-6-10-24(32-4)23(30)12-17/h5-14,30H,1-4H3.